The molecule has 0 saturated carbocycles. The molecule has 1 amide bonds. The molecular weight excluding hydrogens is 270 g/mol. The molecule has 1 N–H and O–H groups in total. The summed E-state index contributed by atoms with van der Waals surface area (Å²) < 4.78 is 16.7. The summed E-state index contributed by atoms with van der Waals surface area (Å²) in [6.45, 7) is 2.82. The Balaban J connectivity index is 2.09. The summed E-state index contributed by atoms with van der Waals surface area (Å²) in [6.07, 6.45) is -0.471. The lowest BCUT2D eigenvalue weighted by Crippen LogP contribution is -2.46. The van der Waals surface area contributed by atoms with Gasteiger partial charge < -0.3 is 14.2 Å². The van der Waals surface area contributed by atoms with Crippen molar-refractivity contribution < 1.29 is 19.0 Å². The van der Waals surface area contributed by atoms with Crippen LogP contribution in [0.5, 0.6) is 5.75 Å². The van der Waals surface area contributed by atoms with E-state index in [1.54, 1.807) is 18.2 Å². The lowest BCUT2D eigenvalue weighted by Gasteiger charge is -2.36. The molecule has 2 atom stereocenters. The number of fused-ring (bicyclic) bond motifs is 2. The summed E-state index contributed by atoms with van der Waals surface area (Å²) in [5.74, 6) is 0.678. The Kier molecular flexibility index (Phi) is 3.03. The van der Waals surface area contributed by atoms with Crippen LogP contribution in [-0.4, -0.2) is 25.5 Å². The van der Waals surface area contributed by atoms with E-state index in [0.29, 0.717) is 30.4 Å². The molecule has 1 saturated heterocycles. The van der Waals surface area contributed by atoms with E-state index in [1.807, 2.05) is 6.92 Å². The third-order valence-corrected chi connectivity index (χ3v) is 3.64. The molecule has 2 unspecified atom stereocenters. The maximum absolute atomic E-state index is 11.6. The SMILES string of the molecule is CCOC1NC(=O)OC12CCOc1ccc(Cl)cc12. The molecule has 2 aliphatic heterocycles. The van der Waals surface area contributed by atoms with Crippen molar-refractivity contribution in [3.63, 3.8) is 0 Å². The molecule has 3 rings (SSSR count). The highest BCUT2D eigenvalue weighted by atomic mass is 35.5. The number of ether oxygens (including phenoxy) is 3. The fourth-order valence-corrected chi connectivity index (χ4v) is 2.77. The molecule has 6 heteroatoms. The highest BCUT2D eigenvalue weighted by Gasteiger charge is 2.54. The first-order chi connectivity index (χ1) is 9.15. The average Bonchev–Trinajstić information content (AvgIpc) is 2.68. The van der Waals surface area contributed by atoms with Crippen molar-refractivity contribution >= 4 is 17.7 Å². The van der Waals surface area contributed by atoms with Gasteiger partial charge in [0.1, 0.15) is 5.75 Å². The predicted molar refractivity (Wildman–Crippen MR) is 68.3 cm³/mol. The van der Waals surface area contributed by atoms with Gasteiger partial charge in [0.15, 0.2) is 11.8 Å². The first-order valence-electron chi connectivity index (χ1n) is 6.19. The highest BCUT2D eigenvalue weighted by molar-refractivity contribution is 6.30. The second kappa shape index (κ2) is 4.58. The summed E-state index contributed by atoms with van der Waals surface area (Å²) in [6, 6.07) is 5.30. The van der Waals surface area contributed by atoms with Crippen LogP contribution in [0.1, 0.15) is 18.9 Å². The normalized spacial score (nSPS) is 28.5. The zero-order chi connectivity index (χ0) is 13.5. The number of hydrogen-bond acceptors (Lipinski definition) is 4. The Bertz CT molecular complexity index is 521. The van der Waals surface area contributed by atoms with Crippen LogP contribution < -0.4 is 10.1 Å². The van der Waals surface area contributed by atoms with Crippen LogP contribution in [0, 0.1) is 0 Å². The molecule has 0 aromatic heterocycles. The minimum atomic E-state index is -0.856. The maximum Gasteiger partial charge on any atom is 0.410 e. The number of benzene rings is 1. The van der Waals surface area contributed by atoms with Crippen LogP contribution in [0.2, 0.25) is 5.02 Å². The van der Waals surface area contributed by atoms with Crippen molar-refractivity contribution in [3.8, 4) is 5.75 Å². The number of amides is 1. The van der Waals surface area contributed by atoms with Crippen LogP contribution >= 0.6 is 11.6 Å². The fraction of sp³-hybridized carbons (Fsp3) is 0.462. The van der Waals surface area contributed by atoms with Crippen LogP contribution in [-0.2, 0) is 15.1 Å². The van der Waals surface area contributed by atoms with Gasteiger partial charge in [-0.2, -0.15) is 0 Å². The lowest BCUT2D eigenvalue weighted by molar-refractivity contribution is -0.0956. The minimum absolute atomic E-state index is 0.465. The largest absolute Gasteiger partial charge is 0.493 e. The molecule has 0 aliphatic carbocycles. The van der Waals surface area contributed by atoms with E-state index in [2.05, 4.69) is 5.32 Å². The van der Waals surface area contributed by atoms with Gasteiger partial charge in [0.2, 0.25) is 0 Å². The van der Waals surface area contributed by atoms with Crippen LogP contribution in [0.15, 0.2) is 18.2 Å². The molecule has 0 bridgehead atoms. The van der Waals surface area contributed by atoms with E-state index in [1.165, 1.54) is 0 Å². The quantitative estimate of drug-likeness (QED) is 0.906. The van der Waals surface area contributed by atoms with Gasteiger partial charge in [-0.3, -0.25) is 5.32 Å². The summed E-state index contributed by atoms with van der Waals surface area (Å²) >= 11 is 6.04. The molecule has 0 radical (unpaired) electrons. The zero-order valence-electron chi connectivity index (χ0n) is 10.4. The molecule has 1 aromatic carbocycles. The molecule has 102 valence electrons. The Morgan fingerprint density at radius 3 is 3.21 bits per heavy atom. The number of hydrogen-bond donors (Lipinski definition) is 1. The van der Waals surface area contributed by atoms with Gasteiger partial charge in [-0.15, -0.1) is 0 Å². The second-order valence-electron chi connectivity index (χ2n) is 4.50. The molecule has 19 heavy (non-hydrogen) atoms. The monoisotopic (exact) mass is 283 g/mol. The summed E-state index contributed by atoms with van der Waals surface area (Å²) in [4.78, 5) is 11.6. The predicted octanol–water partition coefficient (Wildman–Crippen LogP) is 2.42. The summed E-state index contributed by atoms with van der Waals surface area (Å²) in [5.41, 5.74) is -0.103. The highest BCUT2D eigenvalue weighted by Crippen LogP contribution is 2.45. The van der Waals surface area contributed by atoms with Gasteiger partial charge in [-0.05, 0) is 25.1 Å². The van der Waals surface area contributed by atoms with Gasteiger partial charge in [-0.25, -0.2) is 4.79 Å². The molecular formula is C13H14ClNO4. The van der Waals surface area contributed by atoms with Gasteiger partial charge in [0, 0.05) is 23.6 Å². The molecule has 2 aliphatic rings. The third kappa shape index (κ3) is 1.93. The Morgan fingerprint density at radius 1 is 1.58 bits per heavy atom. The first-order valence-corrected chi connectivity index (χ1v) is 6.57. The zero-order valence-corrected chi connectivity index (χ0v) is 11.2. The fourth-order valence-electron chi connectivity index (χ4n) is 2.60. The van der Waals surface area contributed by atoms with E-state index < -0.39 is 17.9 Å². The molecule has 1 aromatic rings. The van der Waals surface area contributed by atoms with E-state index in [0.717, 1.165) is 5.56 Å². The Hall–Kier alpha value is -1.46. The van der Waals surface area contributed by atoms with E-state index in [-0.39, 0.29) is 0 Å². The molecule has 1 spiro atoms. The third-order valence-electron chi connectivity index (χ3n) is 3.41. The number of nitrogens with one attached hydrogen (secondary N) is 1. The van der Waals surface area contributed by atoms with Gasteiger partial charge in [0.05, 0.1) is 6.61 Å². The number of carbonyl (C=O) groups is 1. The first kappa shape index (κ1) is 12.6. The van der Waals surface area contributed by atoms with E-state index in [9.17, 15) is 4.79 Å². The standard InChI is InChI=1S/C13H14ClNO4/c1-2-17-11-13(19-12(16)15-11)5-6-18-10-4-3-8(14)7-9(10)13/h3-4,7,11H,2,5-6H2,1H3,(H,15,16). The van der Waals surface area contributed by atoms with Crippen LogP contribution in [0.3, 0.4) is 0 Å². The van der Waals surface area contributed by atoms with E-state index in [4.69, 9.17) is 25.8 Å². The second-order valence-corrected chi connectivity index (χ2v) is 4.93. The Morgan fingerprint density at radius 2 is 2.42 bits per heavy atom. The topological polar surface area (TPSA) is 56.8 Å². The average molecular weight is 284 g/mol. The van der Waals surface area contributed by atoms with Crippen molar-refractivity contribution in [2.75, 3.05) is 13.2 Å². The van der Waals surface area contributed by atoms with Crippen molar-refractivity contribution in [3.05, 3.63) is 28.8 Å². The van der Waals surface area contributed by atoms with Crippen molar-refractivity contribution in [2.24, 2.45) is 0 Å². The molecule has 1 fully saturated rings. The number of halogens is 1. The number of alkyl carbamates (subject to hydrolysis) is 1. The van der Waals surface area contributed by atoms with Gasteiger partial charge >= 0.3 is 6.09 Å². The van der Waals surface area contributed by atoms with E-state index >= 15 is 0 Å². The molecule has 5 nitrogen and oxygen atoms in total. The lowest BCUT2D eigenvalue weighted by atomic mass is 9.86. The Labute approximate surface area is 115 Å². The summed E-state index contributed by atoms with van der Waals surface area (Å²) in [5, 5.41) is 3.26. The van der Waals surface area contributed by atoms with Gasteiger partial charge in [0.25, 0.3) is 0 Å². The van der Waals surface area contributed by atoms with Crippen LogP contribution in [0.25, 0.3) is 0 Å². The van der Waals surface area contributed by atoms with Crippen molar-refractivity contribution in [2.45, 2.75) is 25.2 Å². The smallest absolute Gasteiger partial charge is 0.410 e. The van der Waals surface area contributed by atoms with Crippen molar-refractivity contribution in [1.29, 1.82) is 0 Å². The number of rotatable bonds is 2. The number of carbonyl (C=O) groups excluding carboxylic acids is 1. The summed E-state index contributed by atoms with van der Waals surface area (Å²) in [7, 11) is 0. The maximum atomic E-state index is 11.6. The van der Waals surface area contributed by atoms with Crippen LogP contribution in [0.4, 0.5) is 4.79 Å². The molecule has 2 heterocycles. The van der Waals surface area contributed by atoms with Gasteiger partial charge in [-0.1, -0.05) is 11.6 Å². The van der Waals surface area contributed by atoms with Crippen molar-refractivity contribution in [1.82, 2.24) is 5.32 Å². The minimum Gasteiger partial charge on any atom is -0.493 e.